The predicted molar refractivity (Wildman–Crippen MR) is 47.7 cm³/mol. The van der Waals surface area contributed by atoms with Crippen molar-refractivity contribution in [2.24, 2.45) is 5.73 Å². The predicted octanol–water partition coefficient (Wildman–Crippen LogP) is 2.23. The van der Waals surface area contributed by atoms with Crippen molar-refractivity contribution in [3.05, 3.63) is 13.6 Å². The lowest BCUT2D eigenvalue weighted by molar-refractivity contribution is -0.141. The van der Waals surface area contributed by atoms with Gasteiger partial charge in [-0.05, 0) is 22.6 Å². The highest BCUT2D eigenvalue weighted by Crippen LogP contribution is 2.34. The van der Waals surface area contributed by atoms with E-state index < -0.39 is 11.9 Å². The molecule has 1 heterocycles. The Morgan fingerprint density at radius 2 is 2.08 bits per heavy atom. The molecule has 1 aromatic rings. The van der Waals surface area contributed by atoms with Crippen molar-refractivity contribution in [1.82, 2.24) is 4.98 Å². The van der Waals surface area contributed by atoms with Crippen molar-refractivity contribution >= 4 is 33.9 Å². The van der Waals surface area contributed by atoms with E-state index in [1.807, 2.05) is 0 Å². The van der Waals surface area contributed by atoms with Crippen molar-refractivity contribution in [3.63, 3.8) is 0 Å². The molecule has 7 heteroatoms. The molecule has 0 radical (unpaired) electrons. The van der Waals surface area contributed by atoms with Crippen LogP contribution in [0.15, 0.2) is 0 Å². The van der Waals surface area contributed by atoms with Crippen molar-refractivity contribution in [2.75, 3.05) is 0 Å². The van der Waals surface area contributed by atoms with E-state index in [0.29, 0.717) is 5.01 Å². The fourth-order valence-corrected chi connectivity index (χ4v) is 2.48. The van der Waals surface area contributed by atoms with Crippen LogP contribution in [0.4, 0.5) is 13.2 Å². The molecule has 0 unspecified atom stereocenters. The molecule has 1 aromatic heterocycles. The van der Waals surface area contributed by atoms with Gasteiger partial charge < -0.3 is 5.73 Å². The summed E-state index contributed by atoms with van der Waals surface area (Å²) in [6.45, 7) is 0.0523. The van der Waals surface area contributed by atoms with E-state index >= 15 is 0 Å². The third-order valence-corrected chi connectivity index (χ3v) is 3.11. The molecule has 0 spiro atoms. The van der Waals surface area contributed by atoms with Crippen LogP contribution in [0, 0.1) is 2.88 Å². The molecule has 0 saturated heterocycles. The van der Waals surface area contributed by atoms with Gasteiger partial charge in [0.15, 0.2) is 5.69 Å². The van der Waals surface area contributed by atoms with Gasteiger partial charge in [0.25, 0.3) is 0 Å². The summed E-state index contributed by atoms with van der Waals surface area (Å²) in [4.78, 5) is 3.36. The number of aromatic nitrogens is 1. The first-order chi connectivity index (χ1) is 5.45. The van der Waals surface area contributed by atoms with Crippen LogP contribution in [0.2, 0.25) is 0 Å². The molecule has 0 aliphatic carbocycles. The highest BCUT2D eigenvalue weighted by Gasteiger charge is 2.36. The fourth-order valence-electron chi connectivity index (χ4n) is 0.605. The van der Waals surface area contributed by atoms with Crippen LogP contribution in [-0.2, 0) is 12.7 Å². The topological polar surface area (TPSA) is 38.9 Å². The second-order valence-electron chi connectivity index (χ2n) is 1.93. The monoisotopic (exact) mass is 308 g/mol. The maximum Gasteiger partial charge on any atom is 0.435 e. The second kappa shape index (κ2) is 3.46. The normalized spacial score (nSPS) is 12.1. The average Bonchev–Trinajstić information content (AvgIpc) is 2.29. The summed E-state index contributed by atoms with van der Waals surface area (Å²) >= 11 is 2.58. The zero-order valence-electron chi connectivity index (χ0n) is 5.65. The zero-order chi connectivity index (χ0) is 9.35. The van der Waals surface area contributed by atoms with Gasteiger partial charge in [0, 0.05) is 6.54 Å². The lowest BCUT2D eigenvalue weighted by Crippen LogP contribution is -2.07. The van der Waals surface area contributed by atoms with Gasteiger partial charge in [0.05, 0.1) is 2.88 Å². The third-order valence-electron chi connectivity index (χ3n) is 1.07. The standard InChI is InChI=1S/C5H4F3IN2S/c6-5(7,8)3-4(9)12-2(1-10)11-3/h1,10H2. The summed E-state index contributed by atoms with van der Waals surface area (Å²) in [5, 5.41) is 0.312. The highest BCUT2D eigenvalue weighted by atomic mass is 127. The fraction of sp³-hybridized carbons (Fsp3) is 0.400. The molecule has 0 fully saturated rings. The molecule has 0 bridgehead atoms. The molecule has 0 aromatic carbocycles. The molecule has 0 saturated carbocycles. The smallest absolute Gasteiger partial charge is 0.325 e. The quantitative estimate of drug-likeness (QED) is 0.808. The molecular formula is C5H4F3IN2S. The van der Waals surface area contributed by atoms with Gasteiger partial charge in [-0.25, -0.2) is 4.98 Å². The summed E-state index contributed by atoms with van der Waals surface area (Å²) in [5.41, 5.74) is 4.33. The Labute approximate surface area is 84.1 Å². The average molecular weight is 308 g/mol. The molecule has 2 nitrogen and oxygen atoms in total. The van der Waals surface area contributed by atoms with E-state index in [-0.39, 0.29) is 9.43 Å². The molecule has 0 aliphatic rings. The molecule has 0 amide bonds. The third kappa shape index (κ3) is 2.07. The van der Waals surface area contributed by atoms with Gasteiger partial charge in [-0.1, -0.05) is 0 Å². The van der Waals surface area contributed by atoms with E-state index in [2.05, 4.69) is 4.98 Å². The Kier molecular flexibility index (Phi) is 2.94. The van der Waals surface area contributed by atoms with Crippen LogP contribution >= 0.6 is 33.9 Å². The van der Waals surface area contributed by atoms with Crippen LogP contribution in [0.1, 0.15) is 10.7 Å². The molecule has 12 heavy (non-hydrogen) atoms. The largest absolute Gasteiger partial charge is 0.435 e. The second-order valence-corrected chi connectivity index (χ2v) is 4.83. The van der Waals surface area contributed by atoms with Crippen molar-refractivity contribution in [1.29, 1.82) is 0 Å². The lowest BCUT2D eigenvalue weighted by Gasteiger charge is -2.01. The number of alkyl halides is 3. The molecular weight excluding hydrogens is 304 g/mol. The summed E-state index contributed by atoms with van der Waals surface area (Å²) in [5.74, 6) is 0. The van der Waals surface area contributed by atoms with Gasteiger partial charge in [0.2, 0.25) is 0 Å². The number of thiazole rings is 1. The van der Waals surface area contributed by atoms with Crippen molar-refractivity contribution in [2.45, 2.75) is 12.7 Å². The van der Waals surface area contributed by atoms with Crippen LogP contribution in [-0.4, -0.2) is 4.98 Å². The summed E-state index contributed by atoms with van der Waals surface area (Å²) in [6, 6.07) is 0. The molecule has 0 aliphatic heterocycles. The number of hydrogen-bond acceptors (Lipinski definition) is 3. The number of nitrogens with zero attached hydrogens (tertiary/aromatic N) is 1. The van der Waals surface area contributed by atoms with Crippen LogP contribution in [0.5, 0.6) is 0 Å². The van der Waals surface area contributed by atoms with Gasteiger partial charge in [0.1, 0.15) is 5.01 Å². The zero-order valence-corrected chi connectivity index (χ0v) is 8.63. The van der Waals surface area contributed by atoms with E-state index in [1.165, 1.54) is 0 Å². The number of rotatable bonds is 1. The Hall–Kier alpha value is 0.110. The lowest BCUT2D eigenvalue weighted by atomic mass is 10.5. The summed E-state index contributed by atoms with van der Waals surface area (Å²) < 4.78 is 36.4. The Morgan fingerprint density at radius 1 is 1.50 bits per heavy atom. The molecule has 0 atom stereocenters. The Bertz CT molecular complexity index is 283. The minimum absolute atomic E-state index is 0.0523. The number of nitrogens with two attached hydrogens (primary N) is 1. The van der Waals surface area contributed by atoms with Crippen LogP contribution in [0.3, 0.4) is 0 Å². The SMILES string of the molecule is NCc1nc(C(F)(F)F)c(I)s1. The van der Waals surface area contributed by atoms with Crippen molar-refractivity contribution < 1.29 is 13.2 Å². The maximum absolute atomic E-state index is 12.1. The van der Waals surface area contributed by atoms with E-state index in [1.54, 1.807) is 22.6 Å². The summed E-state index contributed by atoms with van der Waals surface area (Å²) in [7, 11) is 0. The van der Waals surface area contributed by atoms with E-state index in [0.717, 1.165) is 11.3 Å². The highest BCUT2D eigenvalue weighted by molar-refractivity contribution is 14.1. The van der Waals surface area contributed by atoms with Gasteiger partial charge >= 0.3 is 6.18 Å². The van der Waals surface area contributed by atoms with E-state index in [4.69, 9.17) is 5.73 Å². The molecule has 2 N–H and O–H groups in total. The minimum atomic E-state index is -4.36. The molecule has 68 valence electrons. The van der Waals surface area contributed by atoms with Gasteiger partial charge in [-0.2, -0.15) is 13.2 Å². The Morgan fingerprint density at radius 3 is 2.33 bits per heavy atom. The molecule has 1 rings (SSSR count). The van der Waals surface area contributed by atoms with Gasteiger partial charge in [-0.3, -0.25) is 0 Å². The number of halogens is 4. The Balaban J connectivity index is 3.08. The first-order valence-electron chi connectivity index (χ1n) is 2.87. The van der Waals surface area contributed by atoms with Crippen LogP contribution < -0.4 is 5.73 Å². The number of hydrogen-bond donors (Lipinski definition) is 1. The minimum Gasteiger partial charge on any atom is -0.325 e. The van der Waals surface area contributed by atoms with Crippen molar-refractivity contribution in [3.8, 4) is 0 Å². The van der Waals surface area contributed by atoms with Gasteiger partial charge in [-0.15, -0.1) is 11.3 Å². The van der Waals surface area contributed by atoms with E-state index in [9.17, 15) is 13.2 Å². The first-order valence-corrected chi connectivity index (χ1v) is 4.77. The first kappa shape index (κ1) is 10.2. The summed E-state index contributed by atoms with van der Waals surface area (Å²) in [6.07, 6.45) is -4.36. The maximum atomic E-state index is 12.1. The van der Waals surface area contributed by atoms with Crippen LogP contribution in [0.25, 0.3) is 0 Å².